The van der Waals surface area contributed by atoms with Crippen molar-refractivity contribution in [2.75, 3.05) is 36.9 Å². The zero-order valence-corrected chi connectivity index (χ0v) is 81.8. The van der Waals surface area contributed by atoms with Crippen LogP contribution < -0.4 is 53.3 Å². The van der Waals surface area contributed by atoms with Gasteiger partial charge >= 0.3 is 35.6 Å². The third-order valence-electron chi connectivity index (χ3n) is 26.3. The number of benzene rings is 7. The number of anilines is 2. The second-order valence-electron chi connectivity index (χ2n) is 38.9. The van der Waals surface area contributed by atoms with E-state index in [0.29, 0.717) is 53.5 Å². The van der Waals surface area contributed by atoms with Gasteiger partial charge < -0.3 is 86.1 Å². The van der Waals surface area contributed by atoms with Crippen LogP contribution in [0.2, 0.25) is 5.02 Å². The van der Waals surface area contributed by atoms with Crippen molar-refractivity contribution in [1.82, 2.24) is 30.6 Å². The van der Waals surface area contributed by atoms with Crippen molar-refractivity contribution in [2.24, 2.45) is 4.99 Å². The molecular weight excluding hydrogens is 1740 g/mol. The smallest absolute Gasteiger partial charge is 0.489 e. The predicted octanol–water partition coefficient (Wildman–Crippen LogP) is 15.1. The molecule has 4 N–H and O–H groups in total. The molecule has 26 nitrogen and oxygen atoms in total. The summed E-state index contributed by atoms with van der Waals surface area (Å²) in [7, 11) is -2.15. The molecule has 10 aromatic rings. The summed E-state index contributed by atoms with van der Waals surface area (Å²) in [5.74, 6) is 1.70. The van der Waals surface area contributed by atoms with E-state index in [2.05, 4.69) is 81.5 Å². The first-order chi connectivity index (χ1) is 60.6. The van der Waals surface area contributed by atoms with Gasteiger partial charge in [-0.2, -0.15) is 0 Å². The number of nitrogens with zero attached hydrogens (tertiary/aromatic N) is 6. The maximum Gasteiger partial charge on any atom is 0.494 e. The van der Waals surface area contributed by atoms with Gasteiger partial charge in [0.05, 0.1) is 109 Å². The molecule has 686 valence electrons. The molecule has 12 heterocycles. The van der Waals surface area contributed by atoms with Crippen molar-refractivity contribution in [3.63, 3.8) is 0 Å². The molecule has 3 aromatic heterocycles. The lowest BCUT2D eigenvalue weighted by Gasteiger charge is -2.32. The van der Waals surface area contributed by atoms with Crippen LogP contribution >= 0.6 is 27.5 Å². The number of fused-ring (bicyclic) bond motifs is 5. The Labute approximate surface area is 777 Å². The van der Waals surface area contributed by atoms with Gasteiger partial charge in [-0.15, -0.1) is 0 Å². The fraction of sp³-hybridized carbons (Fsp3) is 0.458. The molecule has 7 aromatic carbocycles. The number of amides is 2. The summed E-state index contributed by atoms with van der Waals surface area (Å²) < 4.78 is 96.5. The third-order valence-corrected chi connectivity index (χ3v) is 27.1. The summed E-state index contributed by atoms with van der Waals surface area (Å²) in [6.45, 7) is 56.6. The number of morpholine rings is 1. The summed E-state index contributed by atoms with van der Waals surface area (Å²) >= 11 is 9.61. The molecule has 0 bridgehead atoms. The number of nitrogens with one attached hydrogen (secondary N) is 2. The zero-order valence-electron chi connectivity index (χ0n) is 79.5. The van der Waals surface area contributed by atoms with Crippen LogP contribution in [0, 0.1) is 26.6 Å². The number of aliphatic imine (C=N–C) groups is 1. The van der Waals surface area contributed by atoms with Gasteiger partial charge in [-0.1, -0.05) is 76.1 Å². The Morgan fingerprint density at radius 2 is 0.946 bits per heavy atom. The van der Waals surface area contributed by atoms with Crippen LogP contribution in [0.15, 0.2) is 152 Å². The lowest BCUT2D eigenvalue weighted by atomic mass is 9.78. The molecule has 6 saturated heterocycles. The number of halogens is 3. The average Bonchev–Trinajstić information content (AvgIpc) is 1.63. The summed E-state index contributed by atoms with van der Waals surface area (Å²) in [6, 6.07) is 39.7. The highest BCUT2D eigenvalue weighted by Gasteiger charge is 2.56. The number of carbonyl (C=O) groups excluding carboxylic acids is 3. The monoisotopic (exact) mass is 1860 g/mol. The Hall–Kier alpha value is -9.18. The number of rotatable bonds is 10. The largest absolute Gasteiger partial charge is 0.494 e. The van der Waals surface area contributed by atoms with E-state index in [1.54, 1.807) is 6.07 Å². The Bertz CT molecular complexity index is 5850. The molecule has 34 heteroatoms. The second-order valence-corrected chi connectivity index (χ2v) is 40.3. The number of hydrogen-bond donors (Lipinski definition) is 3. The van der Waals surface area contributed by atoms with Gasteiger partial charge in [-0.25, -0.2) is 24.3 Å². The van der Waals surface area contributed by atoms with Crippen molar-refractivity contribution in [1.29, 1.82) is 0 Å². The van der Waals surface area contributed by atoms with Crippen molar-refractivity contribution in [3.05, 3.63) is 211 Å². The fourth-order valence-electron chi connectivity index (χ4n) is 15.1. The number of carbonyl (C=O) groups is 3. The highest BCUT2D eigenvalue weighted by molar-refractivity contribution is 9.10. The number of aromatic nitrogens is 4. The predicted molar refractivity (Wildman–Crippen MR) is 513 cm³/mol. The molecule has 130 heavy (non-hydrogen) atoms. The number of ketones is 1. The maximum absolute atomic E-state index is 13.8. The average molecular weight is 1860 g/mol. The lowest BCUT2D eigenvalue weighted by Crippen LogP contribution is -2.41. The van der Waals surface area contributed by atoms with Crippen LogP contribution in [0.25, 0.3) is 22.2 Å². The Balaban J connectivity index is 0.000000130. The van der Waals surface area contributed by atoms with E-state index in [1.807, 2.05) is 257 Å². The maximum atomic E-state index is 13.8. The summed E-state index contributed by atoms with van der Waals surface area (Å²) in [4.78, 5) is 58.3. The van der Waals surface area contributed by atoms with Crippen LogP contribution in [-0.4, -0.2) is 167 Å². The normalized spacial score (nSPS) is 20.0. The second kappa shape index (κ2) is 37.7. The number of nitrogen functional groups attached to an aromatic ring is 1. The highest BCUT2D eigenvalue weighted by atomic mass is 79.9. The van der Waals surface area contributed by atoms with E-state index in [-0.39, 0.29) is 88.3 Å². The first kappa shape index (κ1) is 98.3. The Morgan fingerprint density at radius 3 is 1.43 bits per heavy atom. The molecule has 0 unspecified atom stereocenters. The van der Waals surface area contributed by atoms with E-state index in [0.717, 1.165) is 120 Å². The van der Waals surface area contributed by atoms with Gasteiger partial charge in [0.2, 0.25) is 0 Å². The van der Waals surface area contributed by atoms with Crippen molar-refractivity contribution in [3.8, 4) is 5.75 Å². The topological polar surface area (TPSA) is 305 Å². The van der Waals surface area contributed by atoms with Crippen molar-refractivity contribution < 1.29 is 83.6 Å². The molecule has 0 saturated carbocycles. The highest BCUT2D eigenvalue weighted by Crippen LogP contribution is 2.43. The lowest BCUT2D eigenvalue weighted by molar-refractivity contribution is 0.00578. The summed E-state index contributed by atoms with van der Waals surface area (Å²) in [6.07, 6.45) is 1.59. The van der Waals surface area contributed by atoms with E-state index in [1.165, 1.54) is 36.6 Å². The molecule has 6 fully saturated rings. The van der Waals surface area contributed by atoms with E-state index in [9.17, 15) is 18.8 Å². The zero-order chi connectivity index (χ0) is 94.7. The minimum absolute atomic E-state index is 0.00420. The van der Waals surface area contributed by atoms with Gasteiger partial charge in [0.1, 0.15) is 34.7 Å². The number of hydrogen-bond acceptors (Lipinski definition) is 24. The van der Waals surface area contributed by atoms with Crippen LogP contribution in [0.1, 0.15) is 236 Å². The molecule has 0 atom stereocenters. The first-order valence-electron chi connectivity index (χ1n) is 44.0. The molecule has 2 amide bonds. The van der Waals surface area contributed by atoms with Crippen LogP contribution in [0.4, 0.5) is 15.9 Å². The quantitative estimate of drug-likeness (QED) is 0.0846. The number of ether oxygens (including phenoxy) is 2. The van der Waals surface area contributed by atoms with Gasteiger partial charge in [0.15, 0.2) is 28.7 Å². The van der Waals surface area contributed by atoms with E-state index < -0.39 is 38.4 Å². The Morgan fingerprint density at radius 1 is 0.515 bits per heavy atom. The van der Waals surface area contributed by atoms with Crippen LogP contribution in [0.3, 0.4) is 0 Å². The fourth-order valence-corrected chi connectivity index (χ4v) is 15.7. The van der Waals surface area contributed by atoms with Crippen LogP contribution in [0.5, 0.6) is 5.75 Å². The molecule has 0 aliphatic carbocycles. The molecule has 0 spiro atoms. The molecule has 9 aliphatic heterocycles. The SMILES string of the molecule is CC(=O)c1ccc(B2OC(C)(C)C(C)(C)O2)cc1F.CC(C)Oc1ccc(B2OC(C)(C)C(C)(C)O2)cc1Cl.CC1(C)OB(c2ccc3c(c2)C(=O)NC3)OC1(C)C.CC1(C)OB(c2ccc3c(c2)CNC3=O)OC1(C)C.Cc1cc(C2=NCc3ncnc(N)c32)ccc1N1CCOCC1.Cc1nc2ccc(B3OC(C)(C)C(C)(C)O3)cc2o1.Cc1nc2ccc(Br)cc2o1. The van der Waals surface area contributed by atoms with Gasteiger partial charge in [-0.3, -0.25) is 19.4 Å². The molecule has 9 aliphatic rings. The molecule has 0 radical (unpaired) electrons. The number of Topliss-reactive ketones (excluding diaryl/α,β-unsaturated/α-hetero) is 1. The van der Waals surface area contributed by atoms with E-state index in [4.69, 9.17) is 82.2 Å². The van der Waals surface area contributed by atoms with Crippen LogP contribution in [-0.2, 0) is 70.9 Å². The molecule has 19 rings (SSSR count). The minimum atomic E-state index is -0.611. The number of aryl methyl sites for hydroxylation is 3. The third kappa shape index (κ3) is 21.4. The molecular formula is C96H119B5BrClFN9O17. The van der Waals surface area contributed by atoms with Gasteiger partial charge in [0, 0.05) is 66.9 Å². The summed E-state index contributed by atoms with van der Waals surface area (Å²) in [5, 5.41) is 6.20. The van der Waals surface area contributed by atoms with Crippen molar-refractivity contribution >= 4 is 147 Å². The first-order valence-corrected chi connectivity index (χ1v) is 45.2. The number of oxazole rings is 2. The van der Waals surface area contributed by atoms with Gasteiger partial charge in [-0.05, 0) is 289 Å². The van der Waals surface area contributed by atoms with Gasteiger partial charge in [0.25, 0.3) is 11.8 Å². The Kier molecular flexibility index (Phi) is 28.5. The van der Waals surface area contributed by atoms with E-state index >= 15 is 0 Å². The standard InChI is InChI=1S/C17H19N5O.C15H22BClO3.C14H18BFO3.3C14H18BNO3.C8H6BrNO/c1-11-8-12(2-3-14(11)22-4-6-23-7-5-22)16-15-13(9-19-16)20-10-21-17(15)18;1-10(2)18-13-8-7-11(9-12(13)17)16-19-14(3,4)15(5,6)20-16;1-9(17)11-7-6-10(8-12(11)16)15-18-13(2,3)14(4,5)19-15;1-9-16-11-7-6-10(8-12(11)17-9)15-18-13(2,3)14(4,5)19-15;1-13(2)14(3,4)19-15(18-13)10-5-6-11-9(7-10)8-16-12(11)17;1-13(2)14(3,4)19-15(18-13)10-6-5-9-8-16-12(17)11(9)7-10;1-5-10-7-3-2-6(9)4-8(7)11-5/h2-3,8,10H,4-7,9H2,1H3,(H2,18,20,21);7-10H,1-6H3;2*6-8H,1-5H3;2*5-7H,8H2,1-4H3,(H,16,17);2-4H,1H3. The minimum Gasteiger partial charge on any atom is -0.489 e. The number of nitrogens with two attached hydrogens (primary N) is 1. The summed E-state index contributed by atoms with van der Waals surface area (Å²) in [5.41, 5.74) is 19.9. The van der Waals surface area contributed by atoms with Crippen molar-refractivity contribution in [2.45, 2.75) is 262 Å².